The number of aromatic nitrogens is 1. The summed E-state index contributed by atoms with van der Waals surface area (Å²) in [6.07, 6.45) is 4.34. The van der Waals surface area contributed by atoms with Crippen LogP contribution in [0, 0.1) is 0 Å². The van der Waals surface area contributed by atoms with E-state index >= 15 is 0 Å². The second kappa shape index (κ2) is 9.02. The average Bonchev–Trinajstić information content (AvgIpc) is 3.18. The molecule has 1 aromatic carbocycles. The maximum atomic E-state index is 13.1. The minimum absolute atomic E-state index is 0.175. The van der Waals surface area contributed by atoms with E-state index in [1.807, 2.05) is 24.3 Å². The summed E-state index contributed by atoms with van der Waals surface area (Å²) in [5, 5.41) is 3.00. The van der Waals surface area contributed by atoms with Crippen LogP contribution in [0.1, 0.15) is 29.8 Å². The second-order valence-electron chi connectivity index (χ2n) is 8.40. The summed E-state index contributed by atoms with van der Waals surface area (Å²) in [5.41, 5.74) is 2.04. The standard InChI is InChI=1S/C22H31N5O3S/c1-24-12-14-26(15-13-24)20-9-5-4-8-19(20)23-22(28)21-16-18(17-25(21)2)31(29,30)27-10-6-3-7-11-27/h4-5,8-9,16-17H,3,6-7,10-15H2,1-2H3,(H,23,28). The van der Waals surface area contributed by atoms with E-state index in [4.69, 9.17) is 0 Å². The number of sulfonamides is 1. The lowest BCUT2D eigenvalue weighted by Gasteiger charge is -2.35. The van der Waals surface area contributed by atoms with Gasteiger partial charge in [0.05, 0.1) is 11.4 Å². The number of nitrogens with one attached hydrogen (secondary N) is 1. The van der Waals surface area contributed by atoms with Gasteiger partial charge in [-0.25, -0.2) is 8.42 Å². The molecular weight excluding hydrogens is 414 g/mol. The van der Waals surface area contributed by atoms with E-state index in [0.29, 0.717) is 18.8 Å². The van der Waals surface area contributed by atoms with Crippen LogP contribution in [-0.2, 0) is 17.1 Å². The van der Waals surface area contributed by atoms with Crippen LogP contribution in [0.2, 0.25) is 0 Å². The van der Waals surface area contributed by atoms with E-state index in [9.17, 15) is 13.2 Å². The minimum Gasteiger partial charge on any atom is -0.367 e. The average molecular weight is 446 g/mol. The fourth-order valence-electron chi connectivity index (χ4n) is 4.24. The third-order valence-electron chi connectivity index (χ3n) is 6.16. The number of rotatable bonds is 5. The van der Waals surface area contributed by atoms with Crippen LogP contribution in [0.25, 0.3) is 0 Å². The molecule has 0 aliphatic carbocycles. The van der Waals surface area contributed by atoms with Crippen molar-refractivity contribution in [1.82, 2.24) is 13.8 Å². The van der Waals surface area contributed by atoms with Gasteiger partial charge in [-0.1, -0.05) is 18.6 Å². The molecule has 3 heterocycles. The molecule has 1 N–H and O–H groups in total. The van der Waals surface area contributed by atoms with Gasteiger partial charge in [0, 0.05) is 52.5 Å². The molecule has 8 nitrogen and oxygen atoms in total. The highest BCUT2D eigenvalue weighted by atomic mass is 32.2. The van der Waals surface area contributed by atoms with Gasteiger partial charge in [-0.3, -0.25) is 4.79 Å². The van der Waals surface area contributed by atoms with Crippen LogP contribution in [0.4, 0.5) is 11.4 Å². The number of likely N-dealkylation sites (N-methyl/N-ethyl adjacent to an activating group) is 1. The molecule has 2 aliphatic rings. The third kappa shape index (κ3) is 4.63. The first-order chi connectivity index (χ1) is 14.9. The molecule has 0 atom stereocenters. The van der Waals surface area contributed by atoms with Gasteiger partial charge in [0.25, 0.3) is 5.91 Å². The van der Waals surface area contributed by atoms with Gasteiger partial charge in [0.1, 0.15) is 10.6 Å². The number of para-hydroxylation sites is 2. The minimum atomic E-state index is -3.58. The van der Waals surface area contributed by atoms with Gasteiger partial charge in [0.15, 0.2) is 0 Å². The number of anilines is 2. The van der Waals surface area contributed by atoms with Gasteiger partial charge in [-0.15, -0.1) is 0 Å². The van der Waals surface area contributed by atoms with Crippen LogP contribution in [0.15, 0.2) is 41.4 Å². The maximum absolute atomic E-state index is 13.1. The number of aryl methyl sites for hydroxylation is 1. The Bertz CT molecular complexity index is 1040. The molecule has 31 heavy (non-hydrogen) atoms. The third-order valence-corrected chi connectivity index (χ3v) is 8.03. The predicted octanol–water partition coefficient (Wildman–Crippen LogP) is 2.20. The van der Waals surface area contributed by atoms with Crippen LogP contribution in [0.5, 0.6) is 0 Å². The molecule has 1 amide bonds. The number of carbonyl (C=O) groups is 1. The molecule has 4 rings (SSSR count). The highest BCUT2D eigenvalue weighted by Crippen LogP contribution is 2.28. The van der Waals surface area contributed by atoms with Gasteiger partial charge < -0.3 is 19.7 Å². The first-order valence-electron chi connectivity index (χ1n) is 10.9. The second-order valence-corrected chi connectivity index (χ2v) is 10.3. The topological polar surface area (TPSA) is 77.9 Å². The predicted molar refractivity (Wildman–Crippen MR) is 122 cm³/mol. The monoisotopic (exact) mass is 445 g/mol. The zero-order chi connectivity index (χ0) is 22.0. The summed E-state index contributed by atoms with van der Waals surface area (Å²) in [6.45, 7) is 4.81. The Balaban J connectivity index is 1.54. The number of hydrogen-bond donors (Lipinski definition) is 1. The summed E-state index contributed by atoms with van der Waals surface area (Å²) in [5.74, 6) is -0.316. The number of benzene rings is 1. The summed E-state index contributed by atoms with van der Waals surface area (Å²) < 4.78 is 29.1. The quantitative estimate of drug-likeness (QED) is 0.764. The van der Waals surface area contributed by atoms with E-state index in [1.54, 1.807) is 11.6 Å². The molecule has 168 valence electrons. The van der Waals surface area contributed by atoms with Crippen molar-refractivity contribution in [3.05, 3.63) is 42.2 Å². The van der Waals surface area contributed by atoms with Crippen molar-refractivity contribution in [2.75, 3.05) is 56.5 Å². The van der Waals surface area contributed by atoms with E-state index in [0.717, 1.165) is 56.8 Å². The van der Waals surface area contributed by atoms with E-state index < -0.39 is 10.0 Å². The van der Waals surface area contributed by atoms with Crippen LogP contribution in [0.3, 0.4) is 0 Å². The summed E-state index contributed by atoms with van der Waals surface area (Å²) in [7, 11) is 0.231. The highest BCUT2D eigenvalue weighted by molar-refractivity contribution is 7.89. The summed E-state index contributed by atoms with van der Waals surface area (Å²) in [6, 6.07) is 9.25. The van der Waals surface area contributed by atoms with Gasteiger partial charge in [-0.2, -0.15) is 4.31 Å². The van der Waals surface area contributed by atoms with Crippen molar-refractivity contribution in [2.45, 2.75) is 24.2 Å². The zero-order valence-electron chi connectivity index (χ0n) is 18.2. The fourth-order valence-corrected chi connectivity index (χ4v) is 5.83. The first-order valence-corrected chi connectivity index (χ1v) is 12.3. The lowest BCUT2D eigenvalue weighted by molar-refractivity contribution is 0.101. The van der Waals surface area contributed by atoms with Crippen molar-refractivity contribution >= 4 is 27.3 Å². The normalized spacial score (nSPS) is 18.8. The fraction of sp³-hybridized carbons (Fsp3) is 0.500. The Labute approximate surface area is 184 Å². The Kier molecular flexibility index (Phi) is 6.36. The Hall–Kier alpha value is -2.36. The molecule has 0 bridgehead atoms. The molecule has 0 saturated carbocycles. The molecule has 1 aromatic heterocycles. The van der Waals surface area contributed by atoms with E-state index in [-0.39, 0.29) is 10.8 Å². The van der Waals surface area contributed by atoms with Crippen LogP contribution < -0.4 is 10.2 Å². The maximum Gasteiger partial charge on any atom is 0.272 e. The number of piperazine rings is 1. The Morgan fingerprint density at radius 2 is 1.61 bits per heavy atom. The molecule has 0 radical (unpaired) electrons. The number of piperidine rings is 1. The molecule has 0 spiro atoms. The van der Waals surface area contributed by atoms with Crippen molar-refractivity contribution < 1.29 is 13.2 Å². The summed E-state index contributed by atoms with van der Waals surface area (Å²) >= 11 is 0. The Morgan fingerprint density at radius 3 is 2.32 bits per heavy atom. The molecular formula is C22H31N5O3S. The van der Waals surface area contributed by atoms with Crippen molar-refractivity contribution in [3.63, 3.8) is 0 Å². The van der Waals surface area contributed by atoms with Crippen molar-refractivity contribution in [3.8, 4) is 0 Å². The molecule has 2 aromatic rings. The zero-order valence-corrected chi connectivity index (χ0v) is 19.1. The van der Waals surface area contributed by atoms with Gasteiger partial charge >= 0.3 is 0 Å². The SMILES string of the molecule is CN1CCN(c2ccccc2NC(=O)c2cc(S(=O)(=O)N3CCCCC3)cn2C)CC1. The molecule has 2 fully saturated rings. The summed E-state index contributed by atoms with van der Waals surface area (Å²) in [4.78, 5) is 17.8. The van der Waals surface area contributed by atoms with Crippen LogP contribution in [-0.4, -0.2) is 74.4 Å². The smallest absolute Gasteiger partial charge is 0.272 e. The van der Waals surface area contributed by atoms with Crippen molar-refractivity contribution in [1.29, 1.82) is 0 Å². The Morgan fingerprint density at radius 1 is 0.935 bits per heavy atom. The first kappa shape index (κ1) is 21.9. The molecule has 0 unspecified atom stereocenters. The number of hydrogen-bond acceptors (Lipinski definition) is 5. The number of nitrogens with zero attached hydrogens (tertiary/aromatic N) is 4. The van der Waals surface area contributed by atoms with Crippen LogP contribution >= 0.6 is 0 Å². The molecule has 2 saturated heterocycles. The van der Waals surface area contributed by atoms with E-state index in [1.165, 1.54) is 16.6 Å². The lowest BCUT2D eigenvalue weighted by atomic mass is 10.2. The lowest BCUT2D eigenvalue weighted by Crippen LogP contribution is -2.44. The van der Waals surface area contributed by atoms with Crippen molar-refractivity contribution in [2.24, 2.45) is 7.05 Å². The molecule has 2 aliphatic heterocycles. The van der Waals surface area contributed by atoms with E-state index in [2.05, 4.69) is 22.2 Å². The van der Waals surface area contributed by atoms with Gasteiger partial charge in [-0.05, 0) is 38.1 Å². The largest absolute Gasteiger partial charge is 0.367 e. The number of carbonyl (C=O) groups excluding carboxylic acids is 1. The number of amides is 1. The van der Waals surface area contributed by atoms with Gasteiger partial charge in [0.2, 0.25) is 10.0 Å². The highest BCUT2D eigenvalue weighted by Gasteiger charge is 2.28. The molecule has 9 heteroatoms.